The summed E-state index contributed by atoms with van der Waals surface area (Å²) in [6.07, 6.45) is 0. The van der Waals surface area contributed by atoms with Gasteiger partial charge in [0.05, 0.1) is 36.0 Å². The highest BCUT2D eigenvalue weighted by Crippen LogP contribution is 2.28. The summed E-state index contributed by atoms with van der Waals surface area (Å²) >= 11 is 0. The van der Waals surface area contributed by atoms with Crippen LogP contribution in [-0.4, -0.2) is 33.6 Å². The second kappa shape index (κ2) is 7.51. The SMILES string of the molecule is CCOC(=O)C1=C(Cn2nnc3ccccc32)NC(=O)N[C@@H]1c1ccccc1. The van der Waals surface area contributed by atoms with E-state index in [1.807, 2.05) is 54.6 Å². The molecule has 1 aromatic heterocycles. The Hall–Kier alpha value is -3.68. The van der Waals surface area contributed by atoms with Crippen molar-refractivity contribution < 1.29 is 14.3 Å². The first kappa shape index (κ1) is 17.7. The van der Waals surface area contributed by atoms with E-state index >= 15 is 0 Å². The summed E-state index contributed by atoms with van der Waals surface area (Å²) in [5, 5.41) is 13.9. The van der Waals surface area contributed by atoms with Gasteiger partial charge in [0.25, 0.3) is 0 Å². The van der Waals surface area contributed by atoms with Crippen LogP contribution in [0.15, 0.2) is 65.9 Å². The lowest BCUT2D eigenvalue weighted by atomic mass is 9.95. The summed E-state index contributed by atoms with van der Waals surface area (Å²) < 4.78 is 6.92. The number of rotatable bonds is 5. The monoisotopic (exact) mass is 377 g/mol. The molecule has 0 spiro atoms. The normalized spacial score (nSPS) is 16.6. The van der Waals surface area contributed by atoms with E-state index in [4.69, 9.17) is 4.74 Å². The second-order valence-electron chi connectivity index (χ2n) is 6.29. The molecule has 3 aromatic rings. The van der Waals surface area contributed by atoms with Crippen LogP contribution in [-0.2, 0) is 16.1 Å². The lowest BCUT2D eigenvalue weighted by molar-refractivity contribution is -0.139. The first-order valence-electron chi connectivity index (χ1n) is 8.98. The number of urea groups is 1. The Morgan fingerprint density at radius 1 is 1.14 bits per heavy atom. The molecule has 0 saturated carbocycles. The summed E-state index contributed by atoms with van der Waals surface area (Å²) in [6.45, 7) is 2.16. The molecule has 0 aliphatic carbocycles. The summed E-state index contributed by atoms with van der Waals surface area (Å²) in [4.78, 5) is 25.1. The average molecular weight is 377 g/mol. The maximum atomic E-state index is 12.8. The molecule has 142 valence electrons. The van der Waals surface area contributed by atoms with Crippen molar-refractivity contribution in [2.45, 2.75) is 19.5 Å². The molecule has 4 rings (SSSR count). The van der Waals surface area contributed by atoms with Gasteiger partial charge in [0.15, 0.2) is 0 Å². The quantitative estimate of drug-likeness (QED) is 0.665. The van der Waals surface area contributed by atoms with Gasteiger partial charge in [-0.1, -0.05) is 47.7 Å². The van der Waals surface area contributed by atoms with Gasteiger partial charge < -0.3 is 15.4 Å². The first-order valence-corrected chi connectivity index (χ1v) is 8.98. The lowest BCUT2D eigenvalue weighted by Crippen LogP contribution is -2.46. The van der Waals surface area contributed by atoms with Crippen LogP contribution in [0.1, 0.15) is 18.5 Å². The largest absolute Gasteiger partial charge is 0.463 e. The number of nitrogens with one attached hydrogen (secondary N) is 2. The molecule has 1 atom stereocenters. The van der Waals surface area contributed by atoms with Crippen LogP contribution in [0.3, 0.4) is 0 Å². The van der Waals surface area contributed by atoms with Crippen molar-refractivity contribution in [1.82, 2.24) is 25.6 Å². The number of carbonyl (C=O) groups is 2. The smallest absolute Gasteiger partial charge is 0.338 e. The van der Waals surface area contributed by atoms with Gasteiger partial charge >= 0.3 is 12.0 Å². The van der Waals surface area contributed by atoms with Gasteiger partial charge in [-0.15, -0.1) is 5.10 Å². The summed E-state index contributed by atoms with van der Waals surface area (Å²) in [6, 6.07) is 15.8. The predicted molar refractivity (Wildman–Crippen MR) is 102 cm³/mol. The van der Waals surface area contributed by atoms with Gasteiger partial charge in [0, 0.05) is 0 Å². The van der Waals surface area contributed by atoms with E-state index in [1.165, 1.54) is 0 Å². The fourth-order valence-electron chi connectivity index (χ4n) is 3.27. The maximum absolute atomic E-state index is 12.8. The van der Waals surface area contributed by atoms with E-state index < -0.39 is 12.0 Å². The Labute approximate surface area is 161 Å². The van der Waals surface area contributed by atoms with E-state index in [-0.39, 0.29) is 19.2 Å². The van der Waals surface area contributed by atoms with Crippen molar-refractivity contribution in [3.05, 3.63) is 71.4 Å². The number of allylic oxidation sites excluding steroid dienone is 1. The Kier molecular flexibility index (Phi) is 4.76. The Bertz CT molecular complexity index is 1060. The van der Waals surface area contributed by atoms with Gasteiger partial charge in [0.1, 0.15) is 5.52 Å². The highest BCUT2D eigenvalue weighted by molar-refractivity contribution is 5.95. The van der Waals surface area contributed by atoms with Crippen LogP contribution in [0.5, 0.6) is 0 Å². The third-order valence-corrected chi connectivity index (χ3v) is 4.51. The second-order valence-corrected chi connectivity index (χ2v) is 6.29. The van der Waals surface area contributed by atoms with Crippen LogP contribution in [0, 0.1) is 0 Å². The van der Waals surface area contributed by atoms with E-state index in [2.05, 4.69) is 20.9 Å². The molecule has 2 heterocycles. The lowest BCUT2D eigenvalue weighted by Gasteiger charge is -2.29. The predicted octanol–water partition coefficient (Wildman–Crippen LogP) is 2.30. The number of benzene rings is 2. The third-order valence-electron chi connectivity index (χ3n) is 4.51. The number of carbonyl (C=O) groups excluding carboxylic acids is 2. The molecule has 0 fully saturated rings. The number of amides is 2. The van der Waals surface area contributed by atoms with E-state index in [0.29, 0.717) is 11.3 Å². The topological polar surface area (TPSA) is 98.1 Å². The maximum Gasteiger partial charge on any atom is 0.338 e. The number of hydrogen-bond donors (Lipinski definition) is 2. The molecule has 0 bridgehead atoms. The number of hydrogen-bond acceptors (Lipinski definition) is 5. The molecular formula is C20H19N5O3. The average Bonchev–Trinajstić information content (AvgIpc) is 3.11. The van der Waals surface area contributed by atoms with E-state index in [0.717, 1.165) is 16.6 Å². The number of esters is 1. The standard InChI is InChI=1S/C20H19N5O3/c1-2-28-19(26)17-15(12-25-16-11-7-6-10-14(16)23-24-25)21-20(27)22-18(17)13-8-4-3-5-9-13/h3-11,18H,2,12H2,1H3,(H2,21,22,27)/t18-/m1/s1. The highest BCUT2D eigenvalue weighted by Gasteiger charge is 2.34. The minimum Gasteiger partial charge on any atom is -0.463 e. The zero-order valence-corrected chi connectivity index (χ0v) is 15.3. The first-order chi connectivity index (χ1) is 13.7. The third kappa shape index (κ3) is 3.32. The Morgan fingerprint density at radius 2 is 1.89 bits per heavy atom. The molecule has 1 aliphatic heterocycles. The van der Waals surface area contributed by atoms with Crippen molar-refractivity contribution in [2.75, 3.05) is 6.61 Å². The molecule has 0 saturated heterocycles. The van der Waals surface area contributed by atoms with E-state index in [1.54, 1.807) is 11.6 Å². The van der Waals surface area contributed by atoms with Crippen molar-refractivity contribution >= 4 is 23.0 Å². The minimum atomic E-state index is -0.612. The molecule has 2 N–H and O–H groups in total. The Morgan fingerprint density at radius 3 is 2.68 bits per heavy atom. The highest BCUT2D eigenvalue weighted by atomic mass is 16.5. The van der Waals surface area contributed by atoms with Crippen LogP contribution >= 0.6 is 0 Å². The molecule has 8 nitrogen and oxygen atoms in total. The number of para-hydroxylation sites is 1. The minimum absolute atomic E-state index is 0.186. The molecule has 8 heteroatoms. The zero-order chi connectivity index (χ0) is 19.5. The van der Waals surface area contributed by atoms with Crippen molar-refractivity contribution in [3.8, 4) is 0 Å². The summed E-state index contributed by atoms with van der Waals surface area (Å²) in [5.41, 5.74) is 3.13. The zero-order valence-electron chi connectivity index (χ0n) is 15.3. The van der Waals surface area contributed by atoms with E-state index in [9.17, 15) is 9.59 Å². The molecule has 1 aliphatic rings. The van der Waals surface area contributed by atoms with Crippen molar-refractivity contribution in [2.24, 2.45) is 0 Å². The molecule has 0 unspecified atom stereocenters. The fourth-order valence-corrected chi connectivity index (χ4v) is 3.27. The van der Waals surface area contributed by atoms with Crippen molar-refractivity contribution in [1.29, 1.82) is 0 Å². The fraction of sp³-hybridized carbons (Fsp3) is 0.200. The van der Waals surface area contributed by atoms with Crippen molar-refractivity contribution in [3.63, 3.8) is 0 Å². The van der Waals surface area contributed by atoms with Crippen LogP contribution in [0.25, 0.3) is 11.0 Å². The molecular weight excluding hydrogens is 358 g/mol. The van der Waals surface area contributed by atoms with Gasteiger partial charge in [-0.05, 0) is 24.6 Å². The number of aromatic nitrogens is 3. The molecule has 0 radical (unpaired) electrons. The van der Waals surface area contributed by atoms with Gasteiger partial charge in [0.2, 0.25) is 0 Å². The number of nitrogens with zero attached hydrogens (tertiary/aromatic N) is 3. The summed E-state index contributed by atoms with van der Waals surface area (Å²) in [7, 11) is 0. The molecule has 2 aromatic carbocycles. The van der Waals surface area contributed by atoms with Crippen LogP contribution in [0.4, 0.5) is 4.79 Å². The number of fused-ring (bicyclic) bond motifs is 1. The molecule has 28 heavy (non-hydrogen) atoms. The van der Waals surface area contributed by atoms with Gasteiger partial charge in [-0.3, -0.25) is 0 Å². The van der Waals surface area contributed by atoms with Gasteiger partial charge in [-0.2, -0.15) is 0 Å². The summed E-state index contributed by atoms with van der Waals surface area (Å²) in [5.74, 6) is -0.483. The van der Waals surface area contributed by atoms with Crippen LogP contribution in [0.2, 0.25) is 0 Å². The van der Waals surface area contributed by atoms with Crippen LogP contribution < -0.4 is 10.6 Å². The number of ether oxygens (including phenoxy) is 1. The van der Waals surface area contributed by atoms with Gasteiger partial charge in [-0.25, -0.2) is 14.3 Å². The Balaban J connectivity index is 1.81. The molecule has 2 amide bonds.